The number of nitro benzene ring substituents is 1. The topological polar surface area (TPSA) is 87.9 Å². The Morgan fingerprint density at radius 1 is 1.12 bits per heavy atom. The molecule has 2 aromatic rings. The molecule has 7 nitrogen and oxygen atoms in total. The number of esters is 1. The Balaban J connectivity index is 1.49. The van der Waals surface area contributed by atoms with Gasteiger partial charge in [0.1, 0.15) is 6.61 Å². The Labute approximate surface area is 149 Å². The largest absolute Gasteiger partial charge is 0.458 e. The van der Waals surface area contributed by atoms with Crippen molar-refractivity contribution in [2.24, 2.45) is 0 Å². The molecule has 0 saturated carbocycles. The van der Waals surface area contributed by atoms with Gasteiger partial charge in [-0.3, -0.25) is 10.1 Å². The molecule has 1 aliphatic heterocycles. The summed E-state index contributed by atoms with van der Waals surface area (Å²) in [7, 11) is 0. The number of nitrogens with zero attached hydrogens (tertiary/aromatic N) is 1. The van der Waals surface area contributed by atoms with Crippen LogP contribution >= 0.6 is 0 Å². The van der Waals surface area contributed by atoms with Gasteiger partial charge >= 0.3 is 5.97 Å². The van der Waals surface area contributed by atoms with Gasteiger partial charge in [-0.2, -0.15) is 0 Å². The van der Waals surface area contributed by atoms with Gasteiger partial charge in [-0.25, -0.2) is 4.79 Å². The number of hydrogen-bond donors (Lipinski definition) is 0. The molecule has 1 aliphatic rings. The predicted octanol–water partition coefficient (Wildman–Crippen LogP) is 3.59. The molecule has 0 fully saturated rings. The van der Waals surface area contributed by atoms with E-state index in [9.17, 15) is 14.9 Å². The molecule has 0 spiro atoms. The first-order valence-electron chi connectivity index (χ1n) is 7.77. The summed E-state index contributed by atoms with van der Waals surface area (Å²) in [6.45, 7) is 0.323. The molecule has 0 aliphatic carbocycles. The zero-order valence-electron chi connectivity index (χ0n) is 13.7. The number of carbonyl (C=O) groups is 1. The van der Waals surface area contributed by atoms with Crippen molar-refractivity contribution < 1.29 is 23.9 Å². The van der Waals surface area contributed by atoms with Gasteiger partial charge in [0.25, 0.3) is 5.69 Å². The fourth-order valence-corrected chi connectivity index (χ4v) is 2.29. The summed E-state index contributed by atoms with van der Waals surface area (Å²) in [5.74, 6) is 0.857. The van der Waals surface area contributed by atoms with E-state index in [2.05, 4.69) is 0 Å². The van der Waals surface area contributed by atoms with Gasteiger partial charge in [-0.15, -0.1) is 0 Å². The van der Waals surface area contributed by atoms with Gasteiger partial charge in [0.15, 0.2) is 11.5 Å². The maximum absolute atomic E-state index is 11.7. The average Bonchev–Trinajstić information content (AvgIpc) is 3.11. The molecule has 0 unspecified atom stereocenters. The van der Waals surface area contributed by atoms with Crippen LogP contribution in [0, 0.1) is 10.1 Å². The lowest BCUT2D eigenvalue weighted by molar-refractivity contribution is -0.384. The van der Waals surface area contributed by atoms with Crippen molar-refractivity contribution in [1.82, 2.24) is 0 Å². The summed E-state index contributed by atoms with van der Waals surface area (Å²) in [6.07, 6.45) is 6.21. The SMILES string of the molecule is O=C(/C=C\c1cccc([N+](=O)[O-])c1)OC/C=C/c1ccc2c(c1)OCO2. The maximum Gasteiger partial charge on any atom is 0.331 e. The molecule has 7 heteroatoms. The van der Waals surface area contributed by atoms with E-state index in [-0.39, 0.29) is 19.1 Å². The third kappa shape index (κ3) is 4.47. The van der Waals surface area contributed by atoms with Crippen molar-refractivity contribution >= 4 is 23.8 Å². The number of ether oxygens (including phenoxy) is 3. The van der Waals surface area contributed by atoms with Crippen molar-refractivity contribution in [2.75, 3.05) is 13.4 Å². The average molecular weight is 353 g/mol. The number of non-ortho nitro benzene ring substituents is 1. The fourth-order valence-electron chi connectivity index (χ4n) is 2.29. The lowest BCUT2D eigenvalue weighted by atomic mass is 10.2. The van der Waals surface area contributed by atoms with E-state index in [4.69, 9.17) is 14.2 Å². The second-order valence-corrected chi connectivity index (χ2v) is 5.33. The van der Waals surface area contributed by atoms with Crippen LogP contribution in [-0.2, 0) is 9.53 Å². The third-order valence-electron chi connectivity index (χ3n) is 3.52. The number of nitro groups is 1. The van der Waals surface area contributed by atoms with Crippen LogP contribution in [-0.4, -0.2) is 24.3 Å². The van der Waals surface area contributed by atoms with Crippen molar-refractivity contribution in [3.63, 3.8) is 0 Å². The smallest absolute Gasteiger partial charge is 0.331 e. The van der Waals surface area contributed by atoms with Gasteiger partial charge in [0, 0.05) is 18.2 Å². The number of hydrogen-bond acceptors (Lipinski definition) is 6. The Kier molecular flexibility index (Phi) is 5.28. The Morgan fingerprint density at radius 3 is 2.77 bits per heavy atom. The zero-order chi connectivity index (χ0) is 18.4. The number of rotatable bonds is 6. The van der Waals surface area contributed by atoms with Crippen molar-refractivity contribution in [3.05, 3.63) is 75.9 Å². The molecule has 3 rings (SSSR count). The molecular formula is C19H15NO6. The summed E-state index contributed by atoms with van der Waals surface area (Å²) >= 11 is 0. The molecule has 0 amide bonds. The minimum absolute atomic E-state index is 0.0350. The summed E-state index contributed by atoms with van der Waals surface area (Å²) in [5.41, 5.74) is 1.41. The molecule has 132 valence electrons. The third-order valence-corrected chi connectivity index (χ3v) is 3.52. The Bertz CT molecular complexity index is 887. The van der Waals surface area contributed by atoms with E-state index >= 15 is 0 Å². The fraction of sp³-hybridized carbons (Fsp3) is 0.105. The minimum atomic E-state index is -0.535. The van der Waals surface area contributed by atoms with E-state index in [0.717, 1.165) is 5.56 Å². The second kappa shape index (κ2) is 7.98. The van der Waals surface area contributed by atoms with Gasteiger partial charge in [0.2, 0.25) is 6.79 Å². The first kappa shape index (κ1) is 17.2. The highest BCUT2D eigenvalue weighted by Gasteiger charge is 2.12. The normalized spacial score (nSPS) is 12.6. The summed E-state index contributed by atoms with van der Waals surface area (Å²) in [4.78, 5) is 21.9. The van der Waals surface area contributed by atoms with E-state index < -0.39 is 10.9 Å². The van der Waals surface area contributed by atoms with Gasteiger partial charge in [-0.05, 0) is 35.4 Å². The monoisotopic (exact) mass is 353 g/mol. The predicted molar refractivity (Wildman–Crippen MR) is 94.7 cm³/mol. The highest BCUT2D eigenvalue weighted by atomic mass is 16.7. The van der Waals surface area contributed by atoms with Crippen LogP contribution in [0.2, 0.25) is 0 Å². The lowest BCUT2D eigenvalue weighted by Crippen LogP contribution is -1.99. The van der Waals surface area contributed by atoms with Gasteiger partial charge in [-0.1, -0.05) is 24.3 Å². The lowest BCUT2D eigenvalue weighted by Gasteiger charge is -1.99. The van der Waals surface area contributed by atoms with Crippen LogP contribution in [0.4, 0.5) is 5.69 Å². The quantitative estimate of drug-likeness (QED) is 0.341. The van der Waals surface area contributed by atoms with Crippen molar-refractivity contribution in [3.8, 4) is 11.5 Å². The van der Waals surface area contributed by atoms with Crippen LogP contribution in [0.3, 0.4) is 0 Å². The van der Waals surface area contributed by atoms with E-state index in [1.807, 2.05) is 18.2 Å². The molecule has 0 aromatic heterocycles. The van der Waals surface area contributed by atoms with Crippen LogP contribution < -0.4 is 9.47 Å². The molecule has 0 radical (unpaired) electrons. The Morgan fingerprint density at radius 2 is 1.92 bits per heavy atom. The van der Waals surface area contributed by atoms with Gasteiger partial charge in [0.05, 0.1) is 4.92 Å². The standard InChI is InChI=1S/C19H15NO6/c21-19(9-7-14-3-1-5-16(11-14)20(22)23)24-10-2-4-15-6-8-17-18(12-15)26-13-25-17/h1-9,11-12H,10,13H2/b4-2+,9-7-. The number of benzene rings is 2. The van der Waals surface area contributed by atoms with E-state index in [1.54, 1.807) is 24.3 Å². The first-order chi connectivity index (χ1) is 12.6. The molecule has 2 aromatic carbocycles. The van der Waals surface area contributed by atoms with Crippen LogP contribution in [0.15, 0.2) is 54.6 Å². The minimum Gasteiger partial charge on any atom is -0.458 e. The van der Waals surface area contributed by atoms with Crippen molar-refractivity contribution in [2.45, 2.75) is 0 Å². The van der Waals surface area contributed by atoms with Crippen LogP contribution in [0.25, 0.3) is 12.2 Å². The Hall–Kier alpha value is -3.61. The summed E-state index contributed by atoms with van der Waals surface area (Å²) in [6, 6.07) is 11.5. The summed E-state index contributed by atoms with van der Waals surface area (Å²) in [5, 5.41) is 10.7. The maximum atomic E-state index is 11.7. The van der Waals surface area contributed by atoms with E-state index in [0.29, 0.717) is 17.1 Å². The molecule has 0 N–H and O–H groups in total. The molecule has 0 saturated heterocycles. The van der Waals surface area contributed by atoms with E-state index in [1.165, 1.54) is 24.3 Å². The molecule has 26 heavy (non-hydrogen) atoms. The highest BCUT2D eigenvalue weighted by molar-refractivity contribution is 5.87. The first-order valence-corrected chi connectivity index (χ1v) is 7.77. The molecule has 0 bridgehead atoms. The molecule has 0 atom stereocenters. The van der Waals surface area contributed by atoms with Crippen molar-refractivity contribution in [1.29, 1.82) is 0 Å². The number of fused-ring (bicyclic) bond motifs is 1. The van der Waals surface area contributed by atoms with Gasteiger partial charge < -0.3 is 14.2 Å². The highest BCUT2D eigenvalue weighted by Crippen LogP contribution is 2.32. The second-order valence-electron chi connectivity index (χ2n) is 5.33. The number of carbonyl (C=O) groups excluding carboxylic acids is 1. The molecular weight excluding hydrogens is 338 g/mol. The summed E-state index contributed by atoms with van der Waals surface area (Å²) < 4.78 is 15.6. The molecule has 1 heterocycles. The van der Waals surface area contributed by atoms with Crippen LogP contribution in [0.5, 0.6) is 11.5 Å². The zero-order valence-corrected chi connectivity index (χ0v) is 13.7. The van der Waals surface area contributed by atoms with Crippen LogP contribution in [0.1, 0.15) is 11.1 Å².